The molecule has 0 bridgehead atoms. The van der Waals surface area contributed by atoms with Crippen LogP contribution in [0.5, 0.6) is 0 Å². The van der Waals surface area contributed by atoms with Gasteiger partial charge in [-0.3, -0.25) is 9.11 Å². The first-order chi connectivity index (χ1) is 4.83. The normalized spacial score (nSPS) is 5.86. The monoisotopic (exact) mass is 374 g/mol. The van der Waals surface area contributed by atoms with Gasteiger partial charge in [-0.2, -0.15) is 8.42 Å². The summed E-state index contributed by atoms with van der Waals surface area (Å²) in [6.45, 7) is 0. The van der Waals surface area contributed by atoms with Crippen LogP contribution in [-0.2, 0) is 30.8 Å². The van der Waals surface area contributed by atoms with Gasteiger partial charge in [0.15, 0.2) is 0 Å². The molecule has 14 heavy (non-hydrogen) atoms. The van der Waals surface area contributed by atoms with Gasteiger partial charge < -0.3 is 20.2 Å². The number of rotatable bonds is 0. The smallest absolute Gasteiger partial charge is 0.444 e. The molecule has 0 aromatic rings. The molecule has 76 valence electrons. The van der Waals surface area contributed by atoms with Crippen molar-refractivity contribution in [2.24, 2.45) is 10.7 Å². The van der Waals surface area contributed by atoms with E-state index in [9.17, 15) is 0 Å². The predicted molar refractivity (Wildman–Crippen MR) is 32.5 cm³/mol. The third-order valence-corrected chi connectivity index (χ3v) is 0. The van der Waals surface area contributed by atoms with Gasteiger partial charge in [0.05, 0.1) is 0 Å². The maximum atomic E-state index is 8.74. The number of hydrogen-bond acceptors (Lipinski definition) is 8. The van der Waals surface area contributed by atoms with Gasteiger partial charge in [0, 0.05) is 0 Å². The van der Waals surface area contributed by atoms with E-state index in [4.69, 9.17) is 37.8 Å². The van der Waals surface area contributed by atoms with Crippen LogP contribution in [0.25, 0.3) is 0 Å². The van der Waals surface area contributed by atoms with Gasteiger partial charge in [0.2, 0.25) is 0 Å². The van der Waals surface area contributed by atoms with E-state index in [1.807, 2.05) is 0 Å². The quantitative estimate of drug-likeness (QED) is 0.182. The van der Waals surface area contributed by atoms with E-state index in [1.54, 1.807) is 0 Å². The van der Waals surface area contributed by atoms with Crippen LogP contribution in [0.2, 0.25) is 0 Å². The van der Waals surface area contributed by atoms with Crippen molar-refractivity contribution < 1.29 is 141 Å². The van der Waals surface area contributed by atoms with Crippen molar-refractivity contribution in [1.29, 1.82) is 0 Å². The molecule has 2 N–H and O–H groups in total. The summed E-state index contributed by atoms with van der Waals surface area (Å²) in [4.78, 5) is 16.0. The van der Waals surface area contributed by atoms with Crippen LogP contribution < -0.4 is 103 Å². The van der Waals surface area contributed by atoms with Crippen molar-refractivity contribution in [2.75, 3.05) is 0 Å². The standard InChI is InChI=1S/2K.2HNO2.H2O4S.Pd/c;;2*2-1-3;1-5(2,3)4;/h;;2*(H,2,3);(H2,1,2,3,4);/q2*+1;;;;+2/p-2. The minimum atomic E-state index is -4.67. The summed E-state index contributed by atoms with van der Waals surface area (Å²) in [5.74, 6) is 0. The summed E-state index contributed by atoms with van der Waals surface area (Å²) in [6.07, 6.45) is 0. The maximum absolute atomic E-state index is 8.74. The second-order valence-corrected chi connectivity index (χ2v) is 1.49. The van der Waals surface area contributed by atoms with Crippen LogP contribution in [0, 0.1) is 20.2 Å². The SMILES string of the molecule is O=N[O-].O=N[O-].O=S(=O)(O)O.[K+].[K+].[Pd+2]. The van der Waals surface area contributed by atoms with Crippen LogP contribution in [0.3, 0.4) is 0 Å². The average Bonchev–Trinajstić information content (AvgIpc) is 1.62. The topological polar surface area (TPSA) is 180 Å². The average molecular weight is 375 g/mol. The molecular weight excluding hydrogens is 373 g/mol. The van der Waals surface area contributed by atoms with Crippen molar-refractivity contribution >= 4 is 10.4 Å². The zero-order valence-corrected chi connectivity index (χ0v) is 15.6. The first kappa shape index (κ1) is 36.0. The van der Waals surface area contributed by atoms with Gasteiger partial charge >= 0.3 is 134 Å². The zero-order valence-electron chi connectivity index (χ0n) is 6.96. The third-order valence-electron chi connectivity index (χ3n) is 0. The molecule has 0 aromatic heterocycles. The van der Waals surface area contributed by atoms with Gasteiger partial charge in [-0.15, -0.1) is 10.7 Å². The fourth-order valence-electron chi connectivity index (χ4n) is 0. The predicted octanol–water partition coefficient (Wildman–Crippen LogP) is -6.15. The van der Waals surface area contributed by atoms with Gasteiger partial charge in [-0.1, -0.05) is 0 Å². The summed E-state index contributed by atoms with van der Waals surface area (Å²) in [5, 5.41) is 18.0. The van der Waals surface area contributed by atoms with Crippen LogP contribution >= 0.6 is 0 Å². The van der Waals surface area contributed by atoms with E-state index in [0.717, 1.165) is 10.7 Å². The molecule has 0 rings (SSSR count). The van der Waals surface area contributed by atoms with E-state index >= 15 is 0 Å². The first-order valence-corrected chi connectivity index (χ1v) is 2.83. The van der Waals surface area contributed by atoms with E-state index in [1.165, 1.54) is 0 Å². The zero-order chi connectivity index (χ0) is 9.91. The largest absolute Gasteiger partial charge is 2.00 e. The van der Waals surface area contributed by atoms with Gasteiger partial charge in [0.1, 0.15) is 0 Å². The summed E-state index contributed by atoms with van der Waals surface area (Å²) in [6, 6.07) is 0. The molecule has 0 unspecified atom stereocenters. The third kappa shape index (κ3) is 398. The van der Waals surface area contributed by atoms with Crippen LogP contribution in [-0.4, -0.2) is 17.5 Å². The van der Waals surface area contributed by atoms with Crippen molar-refractivity contribution in [3.8, 4) is 0 Å². The Kier molecular flexibility index (Phi) is 76.0. The Bertz CT molecular complexity index is 166. The van der Waals surface area contributed by atoms with Crippen LogP contribution in [0.4, 0.5) is 0 Å². The molecule has 0 radical (unpaired) electrons. The number of hydrogen-bond donors (Lipinski definition) is 2. The molecule has 0 saturated carbocycles. The number of nitrogens with zero attached hydrogens (tertiary/aromatic N) is 2. The Morgan fingerprint density at radius 1 is 0.929 bits per heavy atom. The van der Waals surface area contributed by atoms with Crippen molar-refractivity contribution in [1.82, 2.24) is 0 Å². The van der Waals surface area contributed by atoms with Gasteiger partial charge in [-0.25, -0.2) is 0 Å². The van der Waals surface area contributed by atoms with Crippen LogP contribution in [0.15, 0.2) is 10.7 Å². The second kappa shape index (κ2) is 29.6. The minimum absolute atomic E-state index is 0. The molecule has 0 amide bonds. The maximum Gasteiger partial charge on any atom is 2.00 e. The molecule has 0 aromatic carbocycles. The summed E-state index contributed by atoms with van der Waals surface area (Å²) >= 11 is 0. The Balaban J connectivity index is -0.0000000162. The van der Waals surface area contributed by atoms with Crippen molar-refractivity contribution in [3.63, 3.8) is 0 Å². The van der Waals surface area contributed by atoms with E-state index < -0.39 is 10.4 Å². The Morgan fingerprint density at radius 3 is 0.929 bits per heavy atom. The molecule has 0 aliphatic heterocycles. The van der Waals surface area contributed by atoms with E-state index in [-0.39, 0.29) is 123 Å². The molecule has 0 fully saturated rings. The molecule has 0 atom stereocenters. The van der Waals surface area contributed by atoms with E-state index in [2.05, 4.69) is 0 Å². The van der Waals surface area contributed by atoms with Crippen molar-refractivity contribution in [2.45, 2.75) is 0 Å². The second-order valence-electron chi connectivity index (χ2n) is 0.597. The Hall–Kier alpha value is 2.61. The van der Waals surface area contributed by atoms with Crippen molar-refractivity contribution in [3.05, 3.63) is 20.2 Å². The van der Waals surface area contributed by atoms with E-state index in [0.29, 0.717) is 0 Å². The first-order valence-electron chi connectivity index (χ1n) is 1.43. The Labute approximate surface area is 178 Å². The summed E-state index contributed by atoms with van der Waals surface area (Å²) in [5.41, 5.74) is 0. The molecule has 0 saturated heterocycles. The molecule has 10 nitrogen and oxygen atoms in total. The fraction of sp³-hybridized carbons (Fsp3) is 0. The molecule has 0 heterocycles. The molecule has 0 spiro atoms. The van der Waals surface area contributed by atoms with Crippen LogP contribution in [0.1, 0.15) is 0 Å². The summed E-state index contributed by atoms with van der Waals surface area (Å²) < 4.78 is 31.6. The fourth-order valence-corrected chi connectivity index (χ4v) is 0. The Morgan fingerprint density at radius 2 is 0.929 bits per heavy atom. The molecular formula is H2K2N2O8PdS+2. The molecule has 14 heteroatoms. The minimum Gasteiger partial charge on any atom is -0.444 e. The molecule has 0 aliphatic rings. The molecule has 0 aliphatic carbocycles. The van der Waals surface area contributed by atoms with Gasteiger partial charge in [0.25, 0.3) is 0 Å². The van der Waals surface area contributed by atoms with Gasteiger partial charge in [-0.05, 0) is 0 Å². The summed E-state index contributed by atoms with van der Waals surface area (Å²) in [7, 11) is -4.67.